The van der Waals surface area contributed by atoms with Crippen LogP contribution in [0.5, 0.6) is 0 Å². The molecule has 0 aromatic heterocycles. The summed E-state index contributed by atoms with van der Waals surface area (Å²) in [5.74, 6) is 0.145. The zero-order valence-corrected chi connectivity index (χ0v) is 12.9. The number of likely N-dealkylation sites (tertiary alicyclic amines) is 1. The second-order valence-corrected chi connectivity index (χ2v) is 6.68. The van der Waals surface area contributed by atoms with E-state index < -0.39 is 6.10 Å². The fraction of sp³-hybridized carbons (Fsp3) is 0.611. The number of amides is 1. The second kappa shape index (κ2) is 6.80. The lowest BCUT2D eigenvalue weighted by molar-refractivity contribution is -0.135. The Labute approximate surface area is 131 Å². The van der Waals surface area contributed by atoms with Crippen molar-refractivity contribution in [2.45, 2.75) is 56.8 Å². The largest absolute Gasteiger partial charge is 0.393 e. The van der Waals surface area contributed by atoms with E-state index in [9.17, 15) is 15.0 Å². The minimum absolute atomic E-state index is 0.0376. The zero-order chi connectivity index (χ0) is 15.5. The SMILES string of the molecule is O=C(C[C@@H]1CCCC[C@H]1O)N1CC(O)CC1c1ccccc1. The summed E-state index contributed by atoms with van der Waals surface area (Å²) < 4.78 is 0. The van der Waals surface area contributed by atoms with Crippen molar-refractivity contribution in [3.05, 3.63) is 35.9 Å². The first kappa shape index (κ1) is 15.5. The summed E-state index contributed by atoms with van der Waals surface area (Å²) in [6.45, 7) is 0.404. The summed E-state index contributed by atoms with van der Waals surface area (Å²) in [4.78, 5) is 14.5. The van der Waals surface area contributed by atoms with E-state index in [2.05, 4.69) is 0 Å². The molecular formula is C18H25NO3. The molecule has 0 bridgehead atoms. The number of carbonyl (C=O) groups excluding carboxylic acids is 1. The summed E-state index contributed by atoms with van der Waals surface area (Å²) in [6.07, 6.45) is 4.09. The molecule has 3 rings (SSSR count). The predicted molar refractivity (Wildman–Crippen MR) is 84.1 cm³/mol. The molecule has 2 fully saturated rings. The summed E-state index contributed by atoms with van der Waals surface area (Å²) >= 11 is 0. The molecule has 2 N–H and O–H groups in total. The van der Waals surface area contributed by atoms with Crippen molar-refractivity contribution in [2.24, 2.45) is 5.92 Å². The molecule has 2 aliphatic rings. The molecule has 4 heteroatoms. The molecule has 4 nitrogen and oxygen atoms in total. The van der Waals surface area contributed by atoms with E-state index >= 15 is 0 Å². The van der Waals surface area contributed by atoms with Crippen molar-refractivity contribution in [3.63, 3.8) is 0 Å². The predicted octanol–water partition coefficient (Wildman–Crippen LogP) is 2.26. The van der Waals surface area contributed by atoms with Crippen LogP contribution in [0.25, 0.3) is 0 Å². The van der Waals surface area contributed by atoms with Gasteiger partial charge < -0.3 is 15.1 Å². The van der Waals surface area contributed by atoms with E-state index in [1.165, 1.54) is 0 Å². The Morgan fingerprint density at radius 2 is 1.86 bits per heavy atom. The third-order valence-electron chi connectivity index (χ3n) is 5.09. The first-order chi connectivity index (χ1) is 10.6. The average molecular weight is 303 g/mol. The molecular weight excluding hydrogens is 278 g/mol. The van der Waals surface area contributed by atoms with E-state index in [4.69, 9.17) is 0 Å². The van der Waals surface area contributed by atoms with Crippen molar-refractivity contribution in [1.82, 2.24) is 4.90 Å². The van der Waals surface area contributed by atoms with Crippen LogP contribution in [-0.2, 0) is 4.79 Å². The topological polar surface area (TPSA) is 60.8 Å². The normalized spacial score (nSPS) is 32.2. The first-order valence-corrected chi connectivity index (χ1v) is 8.35. The Morgan fingerprint density at radius 3 is 2.59 bits per heavy atom. The lowest BCUT2D eigenvalue weighted by atomic mass is 9.84. The van der Waals surface area contributed by atoms with Gasteiger partial charge in [0.1, 0.15) is 0 Å². The van der Waals surface area contributed by atoms with Gasteiger partial charge in [0.2, 0.25) is 5.91 Å². The van der Waals surface area contributed by atoms with Crippen LogP contribution < -0.4 is 0 Å². The molecule has 4 atom stereocenters. The van der Waals surface area contributed by atoms with Crippen molar-refractivity contribution < 1.29 is 15.0 Å². The molecule has 1 saturated carbocycles. The van der Waals surface area contributed by atoms with Crippen LogP contribution in [0.4, 0.5) is 0 Å². The Morgan fingerprint density at radius 1 is 1.14 bits per heavy atom. The van der Waals surface area contributed by atoms with Gasteiger partial charge in [-0.05, 0) is 30.7 Å². The molecule has 1 aliphatic heterocycles. The number of aliphatic hydroxyl groups excluding tert-OH is 2. The monoisotopic (exact) mass is 303 g/mol. The first-order valence-electron chi connectivity index (χ1n) is 8.35. The molecule has 22 heavy (non-hydrogen) atoms. The van der Waals surface area contributed by atoms with Crippen LogP contribution >= 0.6 is 0 Å². The number of hydrogen-bond acceptors (Lipinski definition) is 3. The summed E-state index contributed by atoms with van der Waals surface area (Å²) in [5, 5.41) is 20.1. The van der Waals surface area contributed by atoms with Crippen LogP contribution in [0.3, 0.4) is 0 Å². The van der Waals surface area contributed by atoms with Gasteiger partial charge in [-0.3, -0.25) is 4.79 Å². The van der Waals surface area contributed by atoms with Gasteiger partial charge in [0.25, 0.3) is 0 Å². The molecule has 120 valence electrons. The van der Waals surface area contributed by atoms with Crippen LogP contribution in [0.2, 0.25) is 0 Å². The molecule has 2 unspecified atom stereocenters. The van der Waals surface area contributed by atoms with Crippen LogP contribution in [-0.4, -0.2) is 39.8 Å². The highest BCUT2D eigenvalue weighted by Gasteiger charge is 2.36. The van der Waals surface area contributed by atoms with Crippen LogP contribution in [0.15, 0.2) is 30.3 Å². The van der Waals surface area contributed by atoms with Gasteiger partial charge in [0, 0.05) is 13.0 Å². The number of hydrogen-bond donors (Lipinski definition) is 2. The lowest BCUT2D eigenvalue weighted by Crippen LogP contribution is -2.36. The van der Waals surface area contributed by atoms with E-state index in [-0.39, 0.29) is 24.0 Å². The Kier molecular flexibility index (Phi) is 4.79. The maximum Gasteiger partial charge on any atom is 0.223 e. The molecule has 1 aliphatic carbocycles. The van der Waals surface area contributed by atoms with E-state index in [1.54, 1.807) is 4.90 Å². The molecule has 1 aromatic carbocycles. The molecule has 1 saturated heterocycles. The smallest absolute Gasteiger partial charge is 0.223 e. The standard InChI is InChI=1S/C18H25NO3/c20-15-11-16(13-6-2-1-3-7-13)19(12-15)18(22)10-14-8-4-5-9-17(14)21/h1-3,6-7,14-17,20-21H,4-5,8-12H2/t14-,15?,16?,17+/m0/s1. The number of benzene rings is 1. The van der Waals surface area contributed by atoms with Gasteiger partial charge in [0.05, 0.1) is 18.2 Å². The third-order valence-corrected chi connectivity index (χ3v) is 5.09. The Balaban J connectivity index is 1.70. The number of nitrogens with zero attached hydrogens (tertiary/aromatic N) is 1. The van der Waals surface area contributed by atoms with Gasteiger partial charge in [0.15, 0.2) is 0 Å². The van der Waals surface area contributed by atoms with Crippen molar-refractivity contribution in [2.75, 3.05) is 6.54 Å². The molecule has 1 aromatic rings. The lowest BCUT2D eigenvalue weighted by Gasteiger charge is -2.31. The van der Waals surface area contributed by atoms with E-state index in [1.807, 2.05) is 30.3 Å². The number of β-amino-alcohol motifs (C(OH)–C–C–N with tert-alkyl or cyclic N) is 1. The highest BCUT2D eigenvalue weighted by atomic mass is 16.3. The quantitative estimate of drug-likeness (QED) is 0.900. The van der Waals surface area contributed by atoms with Crippen LogP contribution in [0, 0.1) is 5.92 Å². The van der Waals surface area contributed by atoms with Gasteiger partial charge in [-0.1, -0.05) is 43.2 Å². The van der Waals surface area contributed by atoms with Gasteiger partial charge in [-0.2, -0.15) is 0 Å². The third kappa shape index (κ3) is 3.33. The van der Waals surface area contributed by atoms with Crippen molar-refractivity contribution in [3.8, 4) is 0 Å². The van der Waals surface area contributed by atoms with Gasteiger partial charge >= 0.3 is 0 Å². The summed E-state index contributed by atoms with van der Waals surface area (Å²) in [6, 6.07) is 9.88. The molecule has 1 heterocycles. The highest BCUT2D eigenvalue weighted by Crippen LogP contribution is 2.34. The fourth-order valence-electron chi connectivity index (χ4n) is 3.85. The van der Waals surface area contributed by atoms with Crippen molar-refractivity contribution in [1.29, 1.82) is 0 Å². The number of rotatable bonds is 3. The Hall–Kier alpha value is -1.39. The maximum atomic E-state index is 12.7. The second-order valence-electron chi connectivity index (χ2n) is 6.68. The molecule has 1 amide bonds. The average Bonchev–Trinajstić information content (AvgIpc) is 2.92. The van der Waals surface area contributed by atoms with E-state index in [0.29, 0.717) is 19.4 Å². The number of aliphatic hydroxyl groups is 2. The van der Waals surface area contributed by atoms with Crippen LogP contribution in [0.1, 0.15) is 50.1 Å². The zero-order valence-electron chi connectivity index (χ0n) is 12.9. The van der Waals surface area contributed by atoms with E-state index in [0.717, 1.165) is 31.2 Å². The minimum atomic E-state index is -0.453. The van der Waals surface area contributed by atoms with Gasteiger partial charge in [-0.25, -0.2) is 0 Å². The molecule has 0 spiro atoms. The fourth-order valence-corrected chi connectivity index (χ4v) is 3.85. The highest BCUT2D eigenvalue weighted by molar-refractivity contribution is 5.77. The number of carbonyl (C=O) groups is 1. The summed E-state index contributed by atoms with van der Waals surface area (Å²) in [7, 11) is 0. The maximum absolute atomic E-state index is 12.7. The van der Waals surface area contributed by atoms with Gasteiger partial charge in [-0.15, -0.1) is 0 Å². The molecule has 0 radical (unpaired) electrons. The van der Waals surface area contributed by atoms with Crippen molar-refractivity contribution >= 4 is 5.91 Å². The summed E-state index contributed by atoms with van der Waals surface area (Å²) in [5.41, 5.74) is 1.08. The minimum Gasteiger partial charge on any atom is -0.393 e. The Bertz CT molecular complexity index is 504.